The second kappa shape index (κ2) is 3.04. The van der Waals surface area contributed by atoms with Crippen molar-refractivity contribution in [2.75, 3.05) is 13.6 Å². The second-order valence-corrected chi connectivity index (χ2v) is 5.04. The maximum absolute atomic E-state index is 11.0. The summed E-state index contributed by atoms with van der Waals surface area (Å²) in [4.78, 5) is 3.77. The lowest BCUT2D eigenvalue weighted by molar-refractivity contribution is 0.616. The first-order valence-corrected chi connectivity index (χ1v) is 5.24. The van der Waals surface area contributed by atoms with E-state index in [-0.39, 0.29) is 3.95 Å². The first kappa shape index (κ1) is 8.89. The summed E-state index contributed by atoms with van der Waals surface area (Å²) in [6.45, 7) is 0.467. The molecule has 1 aliphatic rings. The van der Waals surface area contributed by atoms with Crippen molar-refractivity contribution in [3.05, 3.63) is 11.1 Å². The lowest BCUT2D eigenvalue weighted by Gasteiger charge is -1.91. The van der Waals surface area contributed by atoms with Crippen LogP contribution in [0, 0.1) is 0 Å². The number of sulfone groups is 1. The molecular formula is C5H7BrN2O2S. The molecule has 6 heteroatoms. The molecule has 0 atom stereocenters. The molecule has 1 aliphatic heterocycles. The molecule has 0 fully saturated rings. The fourth-order valence-electron chi connectivity index (χ4n) is 0.693. The van der Waals surface area contributed by atoms with Gasteiger partial charge in [-0.3, -0.25) is 0 Å². The van der Waals surface area contributed by atoms with Gasteiger partial charge in [0, 0.05) is 6.54 Å². The highest BCUT2D eigenvalue weighted by atomic mass is 79.9. The molecular weight excluding hydrogens is 232 g/mol. The topological polar surface area (TPSA) is 58.5 Å². The van der Waals surface area contributed by atoms with Gasteiger partial charge in [0.05, 0.1) is 11.1 Å². The Kier molecular flexibility index (Phi) is 2.46. The van der Waals surface area contributed by atoms with Crippen molar-refractivity contribution in [2.45, 2.75) is 0 Å². The van der Waals surface area contributed by atoms with Crippen LogP contribution in [-0.2, 0) is 9.84 Å². The van der Waals surface area contributed by atoms with Crippen molar-refractivity contribution in [3.8, 4) is 0 Å². The quantitative estimate of drug-likeness (QED) is 0.750. The van der Waals surface area contributed by atoms with Crippen LogP contribution in [0.15, 0.2) is 16.1 Å². The number of nitrogens with one attached hydrogen (secondary N) is 1. The molecule has 0 aromatic heterocycles. The fourth-order valence-corrected chi connectivity index (χ4v) is 2.04. The smallest absolute Gasteiger partial charge is 0.225 e. The molecule has 0 aromatic rings. The number of hydrogen-bond donors (Lipinski definition) is 1. The normalized spacial score (nSPS) is 21.3. The van der Waals surface area contributed by atoms with Crippen LogP contribution in [0.5, 0.6) is 0 Å². The van der Waals surface area contributed by atoms with Crippen LogP contribution in [0.25, 0.3) is 0 Å². The van der Waals surface area contributed by atoms with Crippen LogP contribution in [-0.4, -0.2) is 26.0 Å². The third-order valence-electron chi connectivity index (χ3n) is 1.12. The Morgan fingerprint density at radius 2 is 2.36 bits per heavy atom. The minimum atomic E-state index is -3.23. The Labute approximate surface area is 73.4 Å². The highest BCUT2D eigenvalue weighted by molar-refractivity contribution is 9.21. The molecule has 0 bridgehead atoms. The largest absolute Gasteiger partial charge is 0.314 e. The molecule has 0 unspecified atom stereocenters. The van der Waals surface area contributed by atoms with E-state index in [2.05, 4.69) is 26.2 Å². The van der Waals surface area contributed by atoms with E-state index in [1.165, 1.54) is 0 Å². The van der Waals surface area contributed by atoms with Crippen molar-refractivity contribution in [2.24, 2.45) is 4.99 Å². The van der Waals surface area contributed by atoms with E-state index in [4.69, 9.17) is 0 Å². The summed E-state index contributed by atoms with van der Waals surface area (Å²) in [5, 5.41) is 3.95. The summed E-state index contributed by atoms with van der Waals surface area (Å²) >= 11 is 2.85. The maximum atomic E-state index is 11.0. The van der Waals surface area contributed by atoms with Gasteiger partial charge in [-0.25, -0.2) is 13.4 Å². The van der Waals surface area contributed by atoms with Gasteiger partial charge in [-0.05, 0) is 23.0 Å². The predicted octanol–water partition coefficient (Wildman–Crippen LogP) is 0.227. The molecule has 0 spiro atoms. The molecule has 0 aliphatic carbocycles. The number of likely N-dealkylation sites (N-methyl/N-ethyl adjacent to an activating group) is 1. The monoisotopic (exact) mass is 238 g/mol. The third-order valence-corrected chi connectivity index (χ3v) is 3.79. The Hall–Kier alpha value is -0.200. The molecule has 11 heavy (non-hydrogen) atoms. The summed E-state index contributed by atoms with van der Waals surface area (Å²) < 4.78 is 21.9. The minimum Gasteiger partial charge on any atom is -0.314 e. The van der Waals surface area contributed by atoms with Crippen LogP contribution < -0.4 is 5.32 Å². The van der Waals surface area contributed by atoms with Gasteiger partial charge in [-0.15, -0.1) is 0 Å². The number of aliphatic imine (C=N–C) groups is 1. The van der Waals surface area contributed by atoms with Crippen LogP contribution >= 0.6 is 15.9 Å². The van der Waals surface area contributed by atoms with Crippen LogP contribution in [0.2, 0.25) is 0 Å². The number of halogens is 1. The van der Waals surface area contributed by atoms with Crippen LogP contribution in [0.3, 0.4) is 0 Å². The predicted molar refractivity (Wildman–Crippen MR) is 47.3 cm³/mol. The van der Waals surface area contributed by atoms with E-state index in [9.17, 15) is 8.42 Å². The molecule has 1 rings (SSSR count). The summed E-state index contributed by atoms with van der Waals surface area (Å²) in [5.41, 5.74) is 0.527. The molecule has 0 saturated heterocycles. The zero-order chi connectivity index (χ0) is 8.48. The molecule has 1 heterocycles. The van der Waals surface area contributed by atoms with Crippen molar-refractivity contribution in [1.29, 1.82) is 0 Å². The molecule has 0 aromatic carbocycles. The van der Waals surface area contributed by atoms with Gasteiger partial charge in [0.25, 0.3) is 0 Å². The lowest BCUT2D eigenvalue weighted by Crippen LogP contribution is -2.08. The maximum Gasteiger partial charge on any atom is 0.225 e. The average Bonchev–Trinajstić information content (AvgIpc) is 2.08. The minimum absolute atomic E-state index is 0.00440. The van der Waals surface area contributed by atoms with Gasteiger partial charge in [0.1, 0.15) is 0 Å². The Morgan fingerprint density at radius 1 is 1.73 bits per heavy atom. The molecule has 1 N–H and O–H groups in total. The van der Waals surface area contributed by atoms with Crippen molar-refractivity contribution < 1.29 is 8.42 Å². The second-order valence-electron chi connectivity index (χ2n) is 2.05. The molecule has 4 nitrogen and oxygen atoms in total. The van der Waals surface area contributed by atoms with E-state index < -0.39 is 9.84 Å². The summed E-state index contributed by atoms with van der Waals surface area (Å²) in [7, 11) is -1.50. The zero-order valence-corrected chi connectivity index (χ0v) is 8.24. The highest BCUT2D eigenvalue weighted by Gasteiger charge is 2.21. The van der Waals surface area contributed by atoms with Crippen molar-refractivity contribution in [3.63, 3.8) is 0 Å². The average molecular weight is 239 g/mol. The SMILES string of the molecule is CNCC1=CS(=O)(=O)C(Br)=N1. The standard InChI is InChI=1S/C5H7BrN2O2S/c1-7-2-4-3-11(9,10)5(6)8-4/h3,7H,2H2,1H3. The van der Waals surface area contributed by atoms with E-state index in [0.717, 1.165) is 5.41 Å². The van der Waals surface area contributed by atoms with E-state index in [1.807, 2.05) is 0 Å². The Balaban J connectivity index is 2.92. The van der Waals surface area contributed by atoms with Crippen LogP contribution in [0.1, 0.15) is 0 Å². The van der Waals surface area contributed by atoms with Gasteiger partial charge < -0.3 is 5.32 Å². The van der Waals surface area contributed by atoms with E-state index in [0.29, 0.717) is 12.2 Å². The molecule has 0 saturated carbocycles. The van der Waals surface area contributed by atoms with Crippen molar-refractivity contribution in [1.82, 2.24) is 5.32 Å². The molecule has 0 amide bonds. The third kappa shape index (κ3) is 1.88. The first-order chi connectivity index (χ1) is 5.06. The molecule has 62 valence electrons. The summed E-state index contributed by atoms with van der Waals surface area (Å²) in [6.07, 6.45) is 0. The highest BCUT2D eigenvalue weighted by Crippen LogP contribution is 2.17. The number of nitrogens with zero attached hydrogens (tertiary/aromatic N) is 1. The van der Waals surface area contributed by atoms with Crippen LogP contribution in [0.4, 0.5) is 0 Å². The number of hydrogen-bond acceptors (Lipinski definition) is 4. The van der Waals surface area contributed by atoms with Gasteiger partial charge in [0.15, 0.2) is 0 Å². The Bertz CT molecular complexity index is 317. The van der Waals surface area contributed by atoms with Crippen molar-refractivity contribution >= 4 is 29.7 Å². The molecule has 0 radical (unpaired) electrons. The lowest BCUT2D eigenvalue weighted by atomic mass is 10.5. The summed E-state index contributed by atoms with van der Waals surface area (Å²) in [5.74, 6) is 0. The van der Waals surface area contributed by atoms with Gasteiger partial charge in [0.2, 0.25) is 13.8 Å². The Morgan fingerprint density at radius 3 is 2.73 bits per heavy atom. The van der Waals surface area contributed by atoms with Gasteiger partial charge in [-0.2, -0.15) is 0 Å². The fraction of sp³-hybridized carbons (Fsp3) is 0.400. The summed E-state index contributed by atoms with van der Waals surface area (Å²) in [6, 6.07) is 0. The zero-order valence-electron chi connectivity index (χ0n) is 5.83. The number of rotatable bonds is 2. The van der Waals surface area contributed by atoms with Gasteiger partial charge >= 0.3 is 0 Å². The van der Waals surface area contributed by atoms with E-state index >= 15 is 0 Å². The van der Waals surface area contributed by atoms with Gasteiger partial charge in [-0.1, -0.05) is 0 Å². The van der Waals surface area contributed by atoms with E-state index in [1.54, 1.807) is 7.05 Å². The first-order valence-electron chi connectivity index (χ1n) is 2.91.